The van der Waals surface area contributed by atoms with Gasteiger partial charge in [0.25, 0.3) is 0 Å². The van der Waals surface area contributed by atoms with Crippen molar-refractivity contribution in [1.29, 1.82) is 0 Å². The van der Waals surface area contributed by atoms with Gasteiger partial charge < -0.3 is 4.43 Å². The van der Waals surface area contributed by atoms with Crippen molar-refractivity contribution in [2.24, 2.45) is 0 Å². The average Bonchev–Trinajstić information content (AvgIpc) is 2.00. The summed E-state index contributed by atoms with van der Waals surface area (Å²) in [7, 11) is -1.63. The largest absolute Gasteiger partial charge is 0.411 e. The van der Waals surface area contributed by atoms with Gasteiger partial charge >= 0.3 is 0 Å². The van der Waals surface area contributed by atoms with E-state index in [-0.39, 0.29) is 11.1 Å². The number of rotatable bonds is 4. The van der Waals surface area contributed by atoms with E-state index in [1.807, 2.05) is 6.08 Å². The number of hydrogen-bond donors (Lipinski definition) is 0. The summed E-state index contributed by atoms with van der Waals surface area (Å²) >= 11 is 0. The van der Waals surface area contributed by atoms with Crippen molar-refractivity contribution < 1.29 is 4.43 Å². The molecule has 0 N–H and O–H groups in total. The highest BCUT2D eigenvalue weighted by atomic mass is 28.4. The van der Waals surface area contributed by atoms with Crippen LogP contribution in [0.2, 0.25) is 18.1 Å². The molecule has 0 fully saturated rings. The van der Waals surface area contributed by atoms with Crippen LogP contribution in [0, 0.1) is 0 Å². The third kappa shape index (κ3) is 4.80. The predicted octanol–water partition coefficient (Wildman–Crippen LogP) is 4.53. The van der Waals surface area contributed by atoms with E-state index in [9.17, 15) is 0 Å². The van der Waals surface area contributed by atoms with Crippen molar-refractivity contribution in [3.8, 4) is 0 Å². The van der Waals surface area contributed by atoms with E-state index < -0.39 is 8.32 Å². The first kappa shape index (κ1) is 14.7. The van der Waals surface area contributed by atoms with Gasteiger partial charge in [0.05, 0.1) is 6.10 Å². The molecule has 1 nitrogen and oxygen atoms in total. The maximum Gasteiger partial charge on any atom is 0.192 e. The lowest BCUT2D eigenvalue weighted by molar-refractivity contribution is 0.242. The Hall–Kier alpha value is -0.343. The Morgan fingerprint density at radius 1 is 1.33 bits per heavy atom. The molecule has 0 aliphatic rings. The quantitative estimate of drug-likeness (QED) is 0.505. The first-order valence-electron chi connectivity index (χ1n) is 5.59. The molecule has 0 aliphatic heterocycles. The number of allylic oxidation sites excluding steroid dienone is 2. The summed E-state index contributed by atoms with van der Waals surface area (Å²) in [5.41, 5.74) is 1.18. The van der Waals surface area contributed by atoms with E-state index in [4.69, 9.17) is 4.43 Å². The van der Waals surface area contributed by atoms with Gasteiger partial charge in [-0.2, -0.15) is 0 Å². The molecule has 0 heterocycles. The van der Waals surface area contributed by atoms with Crippen LogP contribution in [0.1, 0.15) is 34.6 Å². The van der Waals surface area contributed by atoms with Crippen LogP contribution in [-0.4, -0.2) is 14.4 Å². The van der Waals surface area contributed by atoms with Gasteiger partial charge in [0.15, 0.2) is 8.32 Å². The Labute approximate surface area is 96.4 Å². The maximum atomic E-state index is 6.19. The zero-order chi connectivity index (χ0) is 12.3. The zero-order valence-corrected chi connectivity index (χ0v) is 12.3. The molecule has 0 unspecified atom stereocenters. The molecule has 0 spiro atoms. The van der Waals surface area contributed by atoms with Crippen molar-refractivity contribution in [2.75, 3.05) is 0 Å². The number of hydrogen-bond acceptors (Lipinski definition) is 1. The van der Waals surface area contributed by atoms with Crippen LogP contribution >= 0.6 is 0 Å². The standard InChI is InChI=1S/C13H26OSi/c1-9-11(2)10-12(3)14-15(7,8)13(4,5)6/h9-10,12H,1H2,2-8H3/b11-10+/t12-/m0/s1. The Balaban J connectivity index is 4.54. The van der Waals surface area contributed by atoms with E-state index in [1.54, 1.807) is 0 Å². The fourth-order valence-corrected chi connectivity index (χ4v) is 2.46. The van der Waals surface area contributed by atoms with E-state index in [2.05, 4.69) is 60.4 Å². The topological polar surface area (TPSA) is 9.23 Å². The average molecular weight is 226 g/mol. The molecule has 0 saturated carbocycles. The Bertz CT molecular complexity index is 246. The molecule has 15 heavy (non-hydrogen) atoms. The molecule has 0 rings (SSSR count). The summed E-state index contributed by atoms with van der Waals surface area (Å²) in [6.07, 6.45) is 4.18. The summed E-state index contributed by atoms with van der Waals surface area (Å²) in [6.45, 7) is 19.2. The molecule has 0 aromatic heterocycles. The Kier molecular flexibility index (Phi) is 5.01. The van der Waals surface area contributed by atoms with Crippen LogP contribution < -0.4 is 0 Å². The van der Waals surface area contributed by atoms with Crippen molar-refractivity contribution in [2.45, 2.75) is 58.9 Å². The van der Waals surface area contributed by atoms with Gasteiger partial charge in [-0.3, -0.25) is 0 Å². The highest BCUT2D eigenvalue weighted by Crippen LogP contribution is 2.37. The molecule has 0 aliphatic carbocycles. The molecule has 0 aromatic carbocycles. The third-order valence-corrected chi connectivity index (χ3v) is 7.68. The second-order valence-corrected chi connectivity index (χ2v) is 10.5. The monoisotopic (exact) mass is 226 g/mol. The first-order chi connectivity index (χ1) is 6.60. The van der Waals surface area contributed by atoms with E-state index in [0.717, 1.165) is 0 Å². The molecule has 2 heteroatoms. The van der Waals surface area contributed by atoms with Gasteiger partial charge in [-0.15, -0.1) is 0 Å². The van der Waals surface area contributed by atoms with Crippen LogP contribution in [0.15, 0.2) is 24.3 Å². The summed E-state index contributed by atoms with van der Waals surface area (Å²) in [4.78, 5) is 0. The third-order valence-electron chi connectivity index (χ3n) is 3.11. The maximum absolute atomic E-state index is 6.19. The fraction of sp³-hybridized carbons (Fsp3) is 0.692. The Morgan fingerprint density at radius 3 is 2.13 bits per heavy atom. The smallest absolute Gasteiger partial charge is 0.192 e. The van der Waals surface area contributed by atoms with Gasteiger partial charge in [-0.1, -0.05) is 45.1 Å². The van der Waals surface area contributed by atoms with Gasteiger partial charge in [0.2, 0.25) is 0 Å². The molecule has 0 aromatic rings. The summed E-state index contributed by atoms with van der Waals surface area (Å²) in [6, 6.07) is 0. The van der Waals surface area contributed by atoms with Crippen LogP contribution in [0.5, 0.6) is 0 Å². The van der Waals surface area contributed by atoms with Gasteiger partial charge in [0.1, 0.15) is 0 Å². The lowest BCUT2D eigenvalue weighted by Crippen LogP contribution is -2.42. The van der Waals surface area contributed by atoms with Crippen molar-refractivity contribution >= 4 is 8.32 Å². The molecule has 88 valence electrons. The predicted molar refractivity (Wildman–Crippen MR) is 71.7 cm³/mol. The molecule has 0 saturated heterocycles. The first-order valence-corrected chi connectivity index (χ1v) is 8.49. The fourth-order valence-electron chi connectivity index (χ4n) is 1.11. The summed E-state index contributed by atoms with van der Waals surface area (Å²) in [5.74, 6) is 0. The van der Waals surface area contributed by atoms with Gasteiger partial charge in [-0.25, -0.2) is 0 Å². The molecular weight excluding hydrogens is 200 g/mol. The minimum atomic E-state index is -1.63. The van der Waals surface area contributed by atoms with Gasteiger partial charge in [0, 0.05) is 0 Å². The normalized spacial score (nSPS) is 16.3. The van der Waals surface area contributed by atoms with Crippen molar-refractivity contribution in [1.82, 2.24) is 0 Å². The highest BCUT2D eigenvalue weighted by Gasteiger charge is 2.37. The van der Waals surface area contributed by atoms with Crippen LogP contribution in [0.4, 0.5) is 0 Å². The minimum Gasteiger partial charge on any atom is -0.411 e. The lowest BCUT2D eigenvalue weighted by Gasteiger charge is -2.38. The lowest BCUT2D eigenvalue weighted by atomic mass is 10.2. The molecule has 1 atom stereocenters. The van der Waals surface area contributed by atoms with E-state index >= 15 is 0 Å². The SMILES string of the molecule is C=C/C(C)=C/[C@H](C)O[Si](C)(C)C(C)(C)C. The summed E-state index contributed by atoms with van der Waals surface area (Å²) < 4.78 is 6.19. The van der Waals surface area contributed by atoms with Crippen LogP contribution in [0.3, 0.4) is 0 Å². The van der Waals surface area contributed by atoms with Crippen molar-refractivity contribution in [3.63, 3.8) is 0 Å². The second kappa shape index (κ2) is 5.13. The Morgan fingerprint density at radius 2 is 1.80 bits per heavy atom. The molecule has 0 radical (unpaired) electrons. The summed E-state index contributed by atoms with van der Waals surface area (Å²) in [5, 5.41) is 0.275. The van der Waals surface area contributed by atoms with E-state index in [0.29, 0.717) is 0 Å². The minimum absolute atomic E-state index is 0.184. The van der Waals surface area contributed by atoms with Crippen LogP contribution in [0.25, 0.3) is 0 Å². The second-order valence-electron chi connectivity index (χ2n) is 5.70. The zero-order valence-electron chi connectivity index (χ0n) is 11.3. The molecular formula is C13H26OSi. The van der Waals surface area contributed by atoms with Crippen LogP contribution in [-0.2, 0) is 4.43 Å². The highest BCUT2D eigenvalue weighted by molar-refractivity contribution is 6.74. The van der Waals surface area contributed by atoms with Crippen molar-refractivity contribution in [3.05, 3.63) is 24.3 Å². The van der Waals surface area contributed by atoms with Gasteiger partial charge in [-0.05, 0) is 32.0 Å². The molecule has 0 bridgehead atoms. The van der Waals surface area contributed by atoms with E-state index in [1.165, 1.54) is 5.57 Å². The molecule has 0 amide bonds.